The van der Waals surface area contributed by atoms with E-state index in [4.69, 9.17) is 0 Å². The first-order valence-corrected chi connectivity index (χ1v) is 7.40. The molecule has 23 heavy (non-hydrogen) atoms. The molecule has 5 amide bonds. The number of hydrogen-bond donors (Lipinski definition) is 3. The summed E-state index contributed by atoms with van der Waals surface area (Å²) in [5.74, 6) is -0.315. The Kier molecular flexibility index (Phi) is 4.58. The number of urea groups is 2. The van der Waals surface area contributed by atoms with Gasteiger partial charge in [0.15, 0.2) is 0 Å². The van der Waals surface area contributed by atoms with E-state index in [0.717, 1.165) is 4.90 Å². The summed E-state index contributed by atoms with van der Waals surface area (Å²) in [4.78, 5) is 36.5. The highest BCUT2D eigenvalue weighted by Crippen LogP contribution is 2.23. The number of benzene rings is 1. The molecule has 0 saturated carbocycles. The quantitative estimate of drug-likeness (QED) is 0.745. The third-order valence-corrected chi connectivity index (χ3v) is 3.41. The maximum atomic E-state index is 12.0. The Bertz CT molecular complexity index is 636. The molecule has 1 aromatic rings. The average molecular weight is 318 g/mol. The summed E-state index contributed by atoms with van der Waals surface area (Å²) in [6.07, 6.45) is 0. The second kappa shape index (κ2) is 6.28. The Hall–Kier alpha value is -2.57. The lowest BCUT2D eigenvalue weighted by Crippen LogP contribution is -2.35. The fraction of sp³-hybridized carbons (Fsp3) is 0.438. The van der Waals surface area contributed by atoms with Crippen molar-refractivity contribution in [3.63, 3.8) is 0 Å². The standard InChI is InChI=1S/C16H22N4O3/c1-16(2,3)9-17-14(22)18-11-7-5-6-10(8-11)12-13(21)20(4)15(23)19-12/h5-8,12H,9H2,1-4H3,(H,19,23)(H2,17,18,22). The number of nitrogens with one attached hydrogen (secondary N) is 3. The predicted octanol–water partition coefficient (Wildman–Crippen LogP) is 2.08. The van der Waals surface area contributed by atoms with E-state index in [0.29, 0.717) is 17.8 Å². The van der Waals surface area contributed by atoms with E-state index >= 15 is 0 Å². The summed E-state index contributed by atoms with van der Waals surface area (Å²) in [6, 6.07) is 5.42. The smallest absolute Gasteiger partial charge is 0.324 e. The molecule has 7 heteroatoms. The highest BCUT2D eigenvalue weighted by molar-refractivity contribution is 6.04. The lowest BCUT2D eigenvalue weighted by atomic mass is 9.97. The Morgan fingerprint density at radius 3 is 2.57 bits per heavy atom. The van der Waals surface area contributed by atoms with Crippen molar-refractivity contribution in [1.82, 2.24) is 15.5 Å². The first-order valence-electron chi connectivity index (χ1n) is 7.40. The predicted molar refractivity (Wildman–Crippen MR) is 87.0 cm³/mol. The lowest BCUT2D eigenvalue weighted by molar-refractivity contribution is -0.126. The minimum absolute atomic E-state index is 0.00960. The third-order valence-electron chi connectivity index (χ3n) is 3.41. The molecule has 1 unspecified atom stereocenters. The maximum Gasteiger partial charge on any atom is 0.324 e. The van der Waals surface area contributed by atoms with Gasteiger partial charge >= 0.3 is 12.1 Å². The highest BCUT2D eigenvalue weighted by atomic mass is 16.2. The summed E-state index contributed by atoms with van der Waals surface area (Å²) in [5, 5.41) is 8.12. The summed E-state index contributed by atoms with van der Waals surface area (Å²) < 4.78 is 0. The molecule has 2 rings (SSSR count). The van der Waals surface area contributed by atoms with Crippen LogP contribution in [-0.2, 0) is 4.79 Å². The topological polar surface area (TPSA) is 90.5 Å². The first kappa shape index (κ1) is 16.8. The molecule has 1 heterocycles. The number of anilines is 1. The van der Waals surface area contributed by atoms with Gasteiger partial charge in [-0.2, -0.15) is 0 Å². The van der Waals surface area contributed by atoms with E-state index in [1.807, 2.05) is 20.8 Å². The molecule has 1 aromatic carbocycles. The zero-order valence-corrected chi connectivity index (χ0v) is 13.8. The number of rotatable bonds is 3. The highest BCUT2D eigenvalue weighted by Gasteiger charge is 2.36. The largest absolute Gasteiger partial charge is 0.337 e. The molecule has 1 atom stereocenters. The SMILES string of the molecule is CN1C(=O)NC(c2cccc(NC(=O)NCC(C)(C)C)c2)C1=O. The van der Waals surface area contributed by atoms with E-state index in [-0.39, 0.29) is 17.4 Å². The van der Waals surface area contributed by atoms with Crippen molar-refractivity contribution >= 4 is 23.7 Å². The zero-order chi connectivity index (χ0) is 17.2. The van der Waals surface area contributed by atoms with Crippen molar-refractivity contribution in [2.45, 2.75) is 26.8 Å². The van der Waals surface area contributed by atoms with E-state index in [1.165, 1.54) is 7.05 Å². The van der Waals surface area contributed by atoms with Crippen LogP contribution in [-0.4, -0.2) is 36.5 Å². The Labute approximate surface area is 135 Å². The van der Waals surface area contributed by atoms with E-state index in [9.17, 15) is 14.4 Å². The molecule has 1 aliphatic heterocycles. The molecule has 1 saturated heterocycles. The molecule has 0 spiro atoms. The van der Waals surface area contributed by atoms with E-state index in [2.05, 4.69) is 16.0 Å². The Morgan fingerprint density at radius 2 is 2.00 bits per heavy atom. The second-order valence-electron chi connectivity index (χ2n) is 6.77. The van der Waals surface area contributed by atoms with Crippen LogP contribution in [0.15, 0.2) is 24.3 Å². The van der Waals surface area contributed by atoms with Gasteiger partial charge in [-0.25, -0.2) is 9.59 Å². The molecule has 7 nitrogen and oxygen atoms in total. The number of carbonyl (C=O) groups is 3. The average Bonchev–Trinajstić information content (AvgIpc) is 2.72. The normalized spacial score (nSPS) is 17.9. The molecule has 0 radical (unpaired) electrons. The second-order valence-corrected chi connectivity index (χ2v) is 6.77. The maximum absolute atomic E-state index is 12.0. The van der Waals surface area contributed by atoms with Crippen LogP contribution in [0.1, 0.15) is 32.4 Å². The van der Waals surface area contributed by atoms with Gasteiger partial charge in [-0.05, 0) is 23.1 Å². The van der Waals surface area contributed by atoms with Gasteiger partial charge in [-0.1, -0.05) is 32.9 Å². The summed E-state index contributed by atoms with van der Waals surface area (Å²) in [5.41, 5.74) is 1.18. The summed E-state index contributed by atoms with van der Waals surface area (Å²) in [7, 11) is 1.43. The molecule has 1 fully saturated rings. The number of likely N-dealkylation sites (N-methyl/N-ethyl adjacent to an activating group) is 1. The van der Waals surface area contributed by atoms with Crippen molar-refractivity contribution in [2.24, 2.45) is 5.41 Å². The monoisotopic (exact) mass is 318 g/mol. The van der Waals surface area contributed by atoms with Crippen molar-refractivity contribution in [3.05, 3.63) is 29.8 Å². The van der Waals surface area contributed by atoms with Crippen molar-refractivity contribution < 1.29 is 14.4 Å². The first-order chi connectivity index (χ1) is 10.7. The van der Waals surface area contributed by atoms with Crippen LogP contribution in [0.3, 0.4) is 0 Å². The van der Waals surface area contributed by atoms with Gasteiger partial charge in [0.25, 0.3) is 5.91 Å². The van der Waals surface area contributed by atoms with Gasteiger partial charge in [0, 0.05) is 19.3 Å². The number of amides is 5. The van der Waals surface area contributed by atoms with Crippen LogP contribution in [0.2, 0.25) is 0 Å². The Morgan fingerprint density at radius 1 is 1.30 bits per heavy atom. The lowest BCUT2D eigenvalue weighted by Gasteiger charge is -2.19. The number of carbonyl (C=O) groups excluding carboxylic acids is 3. The van der Waals surface area contributed by atoms with Gasteiger partial charge in [-0.15, -0.1) is 0 Å². The summed E-state index contributed by atoms with van der Waals surface area (Å²) >= 11 is 0. The molecule has 124 valence electrons. The minimum atomic E-state index is -0.716. The van der Waals surface area contributed by atoms with Crippen LogP contribution >= 0.6 is 0 Å². The van der Waals surface area contributed by atoms with Crippen LogP contribution in [0.4, 0.5) is 15.3 Å². The molecule has 0 aromatic heterocycles. The fourth-order valence-corrected chi connectivity index (χ4v) is 2.12. The van der Waals surface area contributed by atoms with E-state index in [1.54, 1.807) is 24.3 Å². The Balaban J connectivity index is 2.04. The van der Waals surface area contributed by atoms with Gasteiger partial charge < -0.3 is 16.0 Å². The van der Waals surface area contributed by atoms with Crippen LogP contribution in [0.25, 0.3) is 0 Å². The van der Waals surface area contributed by atoms with E-state index < -0.39 is 12.1 Å². The van der Waals surface area contributed by atoms with Gasteiger partial charge in [0.2, 0.25) is 0 Å². The van der Waals surface area contributed by atoms with Crippen LogP contribution in [0.5, 0.6) is 0 Å². The van der Waals surface area contributed by atoms with Crippen molar-refractivity contribution in [2.75, 3.05) is 18.9 Å². The minimum Gasteiger partial charge on any atom is -0.337 e. The molecule has 0 bridgehead atoms. The number of imide groups is 1. The molecular formula is C16H22N4O3. The molecule has 0 aliphatic carbocycles. The number of nitrogens with zero attached hydrogens (tertiary/aromatic N) is 1. The molecule has 3 N–H and O–H groups in total. The van der Waals surface area contributed by atoms with Crippen molar-refractivity contribution in [1.29, 1.82) is 0 Å². The van der Waals surface area contributed by atoms with Crippen molar-refractivity contribution in [3.8, 4) is 0 Å². The van der Waals surface area contributed by atoms with Crippen LogP contribution < -0.4 is 16.0 Å². The van der Waals surface area contributed by atoms with Gasteiger partial charge in [0.1, 0.15) is 6.04 Å². The fourth-order valence-electron chi connectivity index (χ4n) is 2.12. The zero-order valence-electron chi connectivity index (χ0n) is 13.8. The van der Waals surface area contributed by atoms with Gasteiger partial charge in [-0.3, -0.25) is 9.69 Å². The third kappa shape index (κ3) is 4.21. The van der Waals surface area contributed by atoms with Crippen LogP contribution in [0, 0.1) is 5.41 Å². The number of hydrogen-bond acceptors (Lipinski definition) is 3. The molecular weight excluding hydrogens is 296 g/mol. The molecule has 1 aliphatic rings. The summed E-state index contributed by atoms with van der Waals surface area (Å²) in [6.45, 7) is 6.62. The van der Waals surface area contributed by atoms with Gasteiger partial charge in [0.05, 0.1) is 0 Å².